The van der Waals surface area contributed by atoms with Crippen molar-refractivity contribution < 1.29 is 5.11 Å². The molecule has 0 bridgehead atoms. The zero-order valence-corrected chi connectivity index (χ0v) is 10.0. The van der Waals surface area contributed by atoms with Crippen molar-refractivity contribution in [1.82, 2.24) is 15.0 Å². The van der Waals surface area contributed by atoms with Gasteiger partial charge in [0.25, 0.3) is 0 Å². The first-order valence-corrected chi connectivity index (χ1v) is 6.15. The molecule has 0 amide bonds. The summed E-state index contributed by atoms with van der Waals surface area (Å²) in [6.07, 6.45) is 3.62. The molecular formula is C13H16N4O. The van der Waals surface area contributed by atoms with Crippen LogP contribution in [0.15, 0.2) is 36.5 Å². The third-order valence-electron chi connectivity index (χ3n) is 3.56. The first-order chi connectivity index (χ1) is 8.75. The molecule has 1 aliphatic rings. The van der Waals surface area contributed by atoms with Gasteiger partial charge in [-0.1, -0.05) is 23.4 Å². The Morgan fingerprint density at radius 1 is 1.33 bits per heavy atom. The molecule has 1 fully saturated rings. The Labute approximate surface area is 105 Å². The number of rotatable bonds is 4. The van der Waals surface area contributed by atoms with E-state index in [2.05, 4.69) is 10.3 Å². The number of hydrogen-bond donors (Lipinski definition) is 2. The van der Waals surface area contributed by atoms with Crippen molar-refractivity contribution in [2.24, 2.45) is 11.7 Å². The van der Waals surface area contributed by atoms with Gasteiger partial charge in [-0.25, -0.2) is 4.68 Å². The van der Waals surface area contributed by atoms with Crippen molar-refractivity contribution in [3.8, 4) is 5.69 Å². The predicted molar refractivity (Wildman–Crippen MR) is 67.0 cm³/mol. The minimum atomic E-state index is -1.01. The van der Waals surface area contributed by atoms with Gasteiger partial charge in [0.2, 0.25) is 0 Å². The zero-order chi connectivity index (χ0) is 12.6. The molecule has 18 heavy (non-hydrogen) atoms. The molecule has 1 unspecified atom stereocenters. The molecule has 1 saturated carbocycles. The quantitative estimate of drug-likeness (QED) is 0.835. The van der Waals surface area contributed by atoms with E-state index in [9.17, 15) is 5.11 Å². The van der Waals surface area contributed by atoms with Gasteiger partial charge in [-0.2, -0.15) is 0 Å². The largest absolute Gasteiger partial charge is 0.382 e. The molecule has 1 heterocycles. The minimum absolute atomic E-state index is 0.192. The first-order valence-electron chi connectivity index (χ1n) is 6.15. The number of nitrogens with two attached hydrogens (primary N) is 1. The van der Waals surface area contributed by atoms with Gasteiger partial charge in [-0.15, -0.1) is 5.10 Å². The number of aromatic nitrogens is 3. The van der Waals surface area contributed by atoms with Gasteiger partial charge in [0.15, 0.2) is 0 Å². The van der Waals surface area contributed by atoms with Crippen LogP contribution in [-0.2, 0) is 5.60 Å². The second kappa shape index (κ2) is 4.19. The van der Waals surface area contributed by atoms with Gasteiger partial charge in [0, 0.05) is 6.54 Å². The van der Waals surface area contributed by atoms with Gasteiger partial charge < -0.3 is 10.8 Å². The molecule has 1 aromatic carbocycles. The van der Waals surface area contributed by atoms with Crippen molar-refractivity contribution in [1.29, 1.82) is 0 Å². The van der Waals surface area contributed by atoms with Crippen molar-refractivity contribution in [3.05, 3.63) is 42.2 Å². The highest BCUT2D eigenvalue weighted by Gasteiger charge is 2.46. The maximum absolute atomic E-state index is 10.7. The van der Waals surface area contributed by atoms with Crippen LogP contribution in [0.5, 0.6) is 0 Å². The van der Waals surface area contributed by atoms with Crippen LogP contribution in [0.3, 0.4) is 0 Å². The van der Waals surface area contributed by atoms with Crippen molar-refractivity contribution >= 4 is 0 Å². The Balaban J connectivity index is 2.06. The van der Waals surface area contributed by atoms with E-state index in [0.29, 0.717) is 5.69 Å². The molecule has 3 rings (SSSR count). The molecule has 0 spiro atoms. The average molecular weight is 244 g/mol. The summed E-state index contributed by atoms with van der Waals surface area (Å²) in [7, 11) is 0. The zero-order valence-electron chi connectivity index (χ0n) is 10.0. The van der Waals surface area contributed by atoms with E-state index in [0.717, 1.165) is 18.5 Å². The summed E-state index contributed by atoms with van der Waals surface area (Å²) in [5.74, 6) is 0.225. The first kappa shape index (κ1) is 11.4. The van der Waals surface area contributed by atoms with Gasteiger partial charge in [-0.3, -0.25) is 0 Å². The van der Waals surface area contributed by atoms with Crippen LogP contribution in [0.4, 0.5) is 0 Å². The summed E-state index contributed by atoms with van der Waals surface area (Å²) < 4.78 is 1.67. The lowest BCUT2D eigenvalue weighted by molar-refractivity contribution is 0.0156. The average Bonchev–Trinajstić information content (AvgIpc) is 3.16. The van der Waals surface area contributed by atoms with E-state index in [1.165, 1.54) is 0 Å². The Hall–Kier alpha value is -1.72. The third-order valence-corrected chi connectivity index (χ3v) is 3.56. The normalized spacial score (nSPS) is 18.6. The molecule has 94 valence electrons. The van der Waals surface area contributed by atoms with E-state index in [-0.39, 0.29) is 12.5 Å². The van der Waals surface area contributed by atoms with E-state index in [4.69, 9.17) is 5.73 Å². The lowest BCUT2D eigenvalue weighted by Gasteiger charge is -2.26. The summed E-state index contributed by atoms with van der Waals surface area (Å²) in [4.78, 5) is 0. The maximum Gasteiger partial charge on any atom is 0.123 e. The highest BCUT2D eigenvalue weighted by atomic mass is 16.3. The van der Waals surface area contributed by atoms with E-state index < -0.39 is 5.60 Å². The molecule has 5 heteroatoms. The smallest absolute Gasteiger partial charge is 0.123 e. The van der Waals surface area contributed by atoms with Gasteiger partial charge >= 0.3 is 0 Å². The van der Waals surface area contributed by atoms with E-state index in [1.807, 2.05) is 30.3 Å². The number of nitrogens with zero attached hydrogens (tertiary/aromatic N) is 3. The fourth-order valence-corrected chi connectivity index (χ4v) is 2.33. The lowest BCUT2D eigenvalue weighted by Crippen LogP contribution is -2.39. The number of hydrogen-bond acceptors (Lipinski definition) is 4. The Morgan fingerprint density at radius 3 is 2.67 bits per heavy atom. The van der Waals surface area contributed by atoms with Crippen molar-refractivity contribution in [2.75, 3.05) is 6.54 Å². The molecule has 5 nitrogen and oxygen atoms in total. The van der Waals surface area contributed by atoms with Gasteiger partial charge in [-0.05, 0) is 30.9 Å². The van der Waals surface area contributed by atoms with Crippen LogP contribution in [-0.4, -0.2) is 26.6 Å². The fraction of sp³-hybridized carbons (Fsp3) is 0.385. The monoisotopic (exact) mass is 244 g/mol. The van der Waals surface area contributed by atoms with E-state index >= 15 is 0 Å². The summed E-state index contributed by atoms with van der Waals surface area (Å²) in [6.45, 7) is 0.192. The van der Waals surface area contributed by atoms with Crippen LogP contribution in [0.25, 0.3) is 5.69 Å². The Morgan fingerprint density at radius 2 is 2.06 bits per heavy atom. The lowest BCUT2D eigenvalue weighted by atomic mass is 9.94. The molecule has 0 aliphatic heterocycles. The van der Waals surface area contributed by atoms with Crippen molar-refractivity contribution in [3.63, 3.8) is 0 Å². The van der Waals surface area contributed by atoms with Gasteiger partial charge in [0.05, 0.1) is 17.6 Å². The van der Waals surface area contributed by atoms with Gasteiger partial charge in [0.1, 0.15) is 5.60 Å². The summed E-state index contributed by atoms with van der Waals surface area (Å²) >= 11 is 0. The molecule has 1 aromatic heterocycles. The Bertz CT molecular complexity index is 535. The van der Waals surface area contributed by atoms with Crippen LogP contribution in [0.2, 0.25) is 0 Å². The summed E-state index contributed by atoms with van der Waals surface area (Å²) in [5.41, 5.74) is 6.32. The molecular weight excluding hydrogens is 228 g/mol. The molecule has 0 saturated heterocycles. The second-order valence-corrected chi connectivity index (χ2v) is 4.77. The van der Waals surface area contributed by atoms with Crippen LogP contribution in [0.1, 0.15) is 18.5 Å². The highest BCUT2D eigenvalue weighted by Crippen LogP contribution is 2.45. The maximum atomic E-state index is 10.7. The Kier molecular flexibility index (Phi) is 2.65. The topological polar surface area (TPSA) is 77.0 Å². The van der Waals surface area contributed by atoms with Crippen molar-refractivity contribution in [2.45, 2.75) is 18.4 Å². The van der Waals surface area contributed by atoms with Crippen LogP contribution in [0, 0.1) is 5.92 Å². The second-order valence-electron chi connectivity index (χ2n) is 4.77. The third kappa shape index (κ3) is 1.72. The number of benzene rings is 1. The van der Waals surface area contributed by atoms with E-state index in [1.54, 1.807) is 10.9 Å². The number of aliphatic hydroxyl groups is 1. The molecule has 3 N–H and O–H groups in total. The fourth-order valence-electron chi connectivity index (χ4n) is 2.33. The number of para-hydroxylation sites is 1. The molecule has 0 radical (unpaired) electrons. The molecule has 1 atom stereocenters. The highest BCUT2D eigenvalue weighted by molar-refractivity contribution is 5.33. The molecule has 2 aromatic rings. The van der Waals surface area contributed by atoms with Crippen LogP contribution < -0.4 is 5.73 Å². The SMILES string of the molecule is NCC(O)(c1cnnn1-c1ccccc1)C1CC1. The van der Waals surface area contributed by atoms with Crippen LogP contribution >= 0.6 is 0 Å². The minimum Gasteiger partial charge on any atom is -0.382 e. The standard InChI is InChI=1S/C13H16N4O/c14-9-13(18,10-6-7-10)12-8-15-16-17(12)11-4-2-1-3-5-11/h1-5,8,10,18H,6-7,9,14H2. The summed E-state index contributed by atoms with van der Waals surface area (Å²) in [6, 6.07) is 9.67. The summed E-state index contributed by atoms with van der Waals surface area (Å²) in [5, 5.41) is 18.7. The predicted octanol–water partition coefficient (Wildman–Crippen LogP) is 0.824. The molecule has 1 aliphatic carbocycles.